The van der Waals surface area contributed by atoms with Gasteiger partial charge in [0, 0.05) is 25.9 Å². The first kappa shape index (κ1) is 19.9. The highest BCUT2D eigenvalue weighted by molar-refractivity contribution is 5.92. The van der Waals surface area contributed by atoms with E-state index in [1.165, 1.54) is 7.11 Å². The zero-order chi connectivity index (χ0) is 20.9. The van der Waals surface area contributed by atoms with E-state index in [1.54, 1.807) is 17.0 Å². The molecular weight excluding hydrogens is 398 g/mol. The molecule has 2 unspecified atom stereocenters. The van der Waals surface area contributed by atoms with E-state index in [9.17, 15) is 13.6 Å². The normalized spacial score (nSPS) is 29.1. The van der Waals surface area contributed by atoms with Gasteiger partial charge < -0.3 is 23.8 Å². The molecule has 0 bridgehead atoms. The summed E-state index contributed by atoms with van der Waals surface area (Å²) < 4.78 is 48.4. The Morgan fingerprint density at radius 1 is 1.27 bits per heavy atom. The molecule has 3 heterocycles. The van der Waals surface area contributed by atoms with Gasteiger partial charge in [-0.15, -0.1) is 0 Å². The molecule has 164 valence electrons. The number of rotatable bonds is 5. The third-order valence-corrected chi connectivity index (χ3v) is 6.77. The van der Waals surface area contributed by atoms with Crippen LogP contribution in [-0.2, 0) is 9.47 Å². The number of alkyl halides is 2. The fraction of sp³-hybridized carbons (Fsp3) is 0.714. The van der Waals surface area contributed by atoms with Crippen molar-refractivity contribution in [3.63, 3.8) is 0 Å². The molecule has 9 heteroatoms. The van der Waals surface area contributed by atoms with Gasteiger partial charge in [-0.25, -0.2) is 13.8 Å². The van der Waals surface area contributed by atoms with Crippen molar-refractivity contribution in [2.75, 3.05) is 33.6 Å². The molecule has 1 aromatic heterocycles. The van der Waals surface area contributed by atoms with Gasteiger partial charge in [-0.05, 0) is 42.7 Å². The smallest absolute Gasteiger partial charge is 0.272 e. The lowest BCUT2D eigenvalue weighted by atomic mass is 9.50. The standard InChI is InChI=1S/C21H26F2N2O5/c1-27-18-16(28-9-13-6-20(7-13)10-21(22,23)11-20)3-2-14(24-18)19(26)25-5-4-15-17(8-25)30-12-29-15/h2-3,13,15,17H,4-12H2,1H3. The summed E-state index contributed by atoms with van der Waals surface area (Å²) in [4.78, 5) is 18.9. The lowest BCUT2D eigenvalue weighted by Crippen LogP contribution is -2.54. The van der Waals surface area contributed by atoms with E-state index >= 15 is 0 Å². The van der Waals surface area contributed by atoms with Crippen molar-refractivity contribution in [1.29, 1.82) is 0 Å². The monoisotopic (exact) mass is 424 g/mol. The van der Waals surface area contributed by atoms with Crippen LogP contribution < -0.4 is 9.47 Å². The topological polar surface area (TPSA) is 70.1 Å². The molecular formula is C21H26F2N2O5. The number of likely N-dealkylation sites (tertiary alicyclic amines) is 1. The van der Waals surface area contributed by atoms with Crippen LogP contribution in [0.25, 0.3) is 0 Å². The third kappa shape index (κ3) is 3.62. The van der Waals surface area contributed by atoms with Gasteiger partial charge in [0.1, 0.15) is 18.6 Å². The Balaban J connectivity index is 1.17. The Labute approximate surface area is 173 Å². The number of hydrogen-bond donors (Lipinski definition) is 0. The fourth-order valence-corrected chi connectivity index (χ4v) is 5.43. The summed E-state index contributed by atoms with van der Waals surface area (Å²) in [5.74, 6) is -1.68. The van der Waals surface area contributed by atoms with E-state index in [4.69, 9.17) is 18.9 Å². The molecule has 1 aromatic rings. The summed E-state index contributed by atoms with van der Waals surface area (Å²) in [5, 5.41) is 0. The predicted molar refractivity (Wildman–Crippen MR) is 101 cm³/mol. The Bertz CT molecular complexity index is 820. The average molecular weight is 424 g/mol. The van der Waals surface area contributed by atoms with Gasteiger partial charge in [0.15, 0.2) is 5.75 Å². The highest BCUT2D eigenvalue weighted by Crippen LogP contribution is 2.64. The highest BCUT2D eigenvalue weighted by Gasteiger charge is 2.61. The summed E-state index contributed by atoms with van der Waals surface area (Å²) in [6.45, 7) is 1.79. The van der Waals surface area contributed by atoms with Gasteiger partial charge in [0.05, 0.1) is 19.8 Å². The molecule has 30 heavy (non-hydrogen) atoms. The third-order valence-electron chi connectivity index (χ3n) is 6.77. The summed E-state index contributed by atoms with van der Waals surface area (Å²) in [7, 11) is 1.48. The van der Waals surface area contributed by atoms with E-state index in [0.717, 1.165) is 19.3 Å². The van der Waals surface area contributed by atoms with Crippen LogP contribution in [0.4, 0.5) is 8.78 Å². The number of carbonyl (C=O) groups is 1. The van der Waals surface area contributed by atoms with Crippen molar-refractivity contribution in [2.24, 2.45) is 11.3 Å². The summed E-state index contributed by atoms with van der Waals surface area (Å²) in [6, 6.07) is 3.32. The SMILES string of the molecule is COc1nc(C(=O)N2CCC3OCOC3C2)ccc1OCC1CC2(C1)CC(F)(F)C2. The van der Waals surface area contributed by atoms with Gasteiger partial charge in [0.2, 0.25) is 5.92 Å². The number of methoxy groups -OCH3 is 1. The van der Waals surface area contributed by atoms with Gasteiger partial charge in [-0.1, -0.05) is 0 Å². The molecule has 1 spiro atoms. The minimum absolute atomic E-state index is 0.00739. The number of amides is 1. The van der Waals surface area contributed by atoms with Gasteiger partial charge in [-0.3, -0.25) is 4.79 Å². The van der Waals surface area contributed by atoms with Crippen LogP contribution in [0.5, 0.6) is 11.6 Å². The maximum atomic E-state index is 13.1. The number of piperidine rings is 1. The second kappa shape index (κ2) is 7.30. The van der Waals surface area contributed by atoms with E-state index in [2.05, 4.69) is 4.98 Å². The summed E-state index contributed by atoms with van der Waals surface area (Å²) >= 11 is 0. The highest BCUT2D eigenvalue weighted by atomic mass is 19.3. The maximum Gasteiger partial charge on any atom is 0.272 e. The first-order valence-corrected chi connectivity index (χ1v) is 10.4. The first-order valence-electron chi connectivity index (χ1n) is 10.4. The van der Waals surface area contributed by atoms with Crippen LogP contribution in [0.3, 0.4) is 0 Å². The zero-order valence-corrected chi connectivity index (χ0v) is 16.9. The Kier molecular flexibility index (Phi) is 4.85. The van der Waals surface area contributed by atoms with E-state index in [1.807, 2.05) is 0 Å². The Morgan fingerprint density at radius 3 is 2.77 bits per heavy atom. The molecule has 4 fully saturated rings. The second-order valence-electron chi connectivity index (χ2n) is 9.07. The molecule has 4 aliphatic rings. The molecule has 2 saturated heterocycles. The van der Waals surface area contributed by atoms with Crippen LogP contribution in [0.2, 0.25) is 0 Å². The lowest BCUT2D eigenvalue weighted by Gasteiger charge is -2.57. The van der Waals surface area contributed by atoms with Crippen LogP contribution >= 0.6 is 0 Å². The second-order valence-corrected chi connectivity index (χ2v) is 9.07. The van der Waals surface area contributed by atoms with Crippen LogP contribution in [-0.4, -0.2) is 67.5 Å². The molecule has 2 atom stereocenters. The minimum atomic E-state index is -2.48. The van der Waals surface area contributed by atoms with Crippen molar-refractivity contribution < 1.29 is 32.5 Å². The first-order chi connectivity index (χ1) is 14.4. The predicted octanol–water partition coefficient (Wildman–Crippen LogP) is 2.88. The van der Waals surface area contributed by atoms with Gasteiger partial charge in [0.25, 0.3) is 11.8 Å². The van der Waals surface area contributed by atoms with Gasteiger partial charge in [-0.2, -0.15) is 0 Å². The van der Waals surface area contributed by atoms with Crippen molar-refractivity contribution in [3.05, 3.63) is 17.8 Å². The number of halogens is 2. The summed E-state index contributed by atoms with van der Waals surface area (Å²) in [5.41, 5.74) is 0.119. The van der Waals surface area contributed by atoms with E-state index in [0.29, 0.717) is 25.4 Å². The van der Waals surface area contributed by atoms with Crippen LogP contribution in [0, 0.1) is 11.3 Å². The number of ether oxygens (including phenoxy) is 4. The molecule has 0 aromatic carbocycles. The minimum Gasteiger partial charge on any atom is -0.488 e. The molecule has 5 rings (SSSR count). The number of hydrogen-bond acceptors (Lipinski definition) is 6. The molecule has 0 radical (unpaired) electrons. The van der Waals surface area contributed by atoms with Crippen LogP contribution in [0.15, 0.2) is 12.1 Å². The fourth-order valence-electron chi connectivity index (χ4n) is 5.43. The molecule has 7 nitrogen and oxygen atoms in total. The van der Waals surface area contributed by atoms with Crippen molar-refractivity contribution in [1.82, 2.24) is 9.88 Å². The zero-order valence-electron chi connectivity index (χ0n) is 16.9. The number of fused-ring (bicyclic) bond motifs is 1. The average Bonchev–Trinajstić information content (AvgIpc) is 3.16. The van der Waals surface area contributed by atoms with Crippen LogP contribution in [0.1, 0.15) is 42.6 Å². The Hall–Kier alpha value is -2.00. The van der Waals surface area contributed by atoms with E-state index in [-0.39, 0.29) is 60.7 Å². The Morgan fingerprint density at radius 2 is 2.03 bits per heavy atom. The largest absolute Gasteiger partial charge is 0.488 e. The lowest BCUT2D eigenvalue weighted by molar-refractivity contribution is -0.209. The molecule has 2 saturated carbocycles. The molecule has 0 N–H and O–H groups in total. The van der Waals surface area contributed by atoms with Crippen molar-refractivity contribution >= 4 is 5.91 Å². The number of nitrogens with zero attached hydrogens (tertiary/aromatic N) is 2. The number of aromatic nitrogens is 1. The summed E-state index contributed by atoms with van der Waals surface area (Å²) in [6.07, 6.45) is 2.28. The maximum absolute atomic E-state index is 13.1. The number of pyridine rings is 1. The quantitative estimate of drug-likeness (QED) is 0.724. The van der Waals surface area contributed by atoms with Crippen molar-refractivity contribution in [3.8, 4) is 11.6 Å². The molecule has 2 aliphatic heterocycles. The van der Waals surface area contributed by atoms with Gasteiger partial charge >= 0.3 is 0 Å². The van der Waals surface area contributed by atoms with E-state index < -0.39 is 5.92 Å². The molecule has 1 amide bonds. The number of carbonyl (C=O) groups excluding carboxylic acids is 1. The molecule has 2 aliphatic carbocycles. The van der Waals surface area contributed by atoms with Crippen molar-refractivity contribution in [2.45, 2.75) is 50.2 Å².